The molecule has 0 bridgehead atoms. The molecule has 0 amide bonds. The molecule has 0 saturated heterocycles. The van der Waals surface area contributed by atoms with Crippen molar-refractivity contribution in [1.82, 2.24) is 0 Å². The molecule has 2 atom stereocenters. The van der Waals surface area contributed by atoms with Crippen LogP contribution in [0.5, 0.6) is 5.75 Å². The fraction of sp³-hybridized carbons (Fsp3) is 0.429. The molecular weight excluding hydrogens is 470 g/mol. The van der Waals surface area contributed by atoms with Crippen molar-refractivity contribution in [2.24, 2.45) is 5.10 Å². The number of aromatic hydroxyl groups is 1. The average Bonchev–Trinajstić information content (AvgIpc) is 2.73. The summed E-state index contributed by atoms with van der Waals surface area (Å²) in [6.45, 7) is 2.00. The van der Waals surface area contributed by atoms with Crippen LogP contribution >= 0.6 is 0 Å². The number of aryl methyl sites for hydroxylation is 1. The third-order valence-electron chi connectivity index (χ3n) is 5.20. The second-order valence-electron chi connectivity index (χ2n) is 7.64. The number of phenols is 1. The SMILES string of the molecule is CCCC(C(CCC[n+]1ccccc1C=NN(C)c1ccc(O)cc1)S(=O)(=O)O)S(=O)(=O)O. The smallest absolute Gasteiger partial charge is 0.269 e. The molecule has 1 aromatic carbocycles. The van der Waals surface area contributed by atoms with Gasteiger partial charge in [-0.25, -0.2) is 0 Å². The van der Waals surface area contributed by atoms with Crippen LogP contribution in [0.3, 0.4) is 0 Å². The molecule has 12 heteroatoms. The summed E-state index contributed by atoms with van der Waals surface area (Å²) in [6, 6.07) is 11.9. The van der Waals surface area contributed by atoms with Crippen LogP contribution in [0.1, 0.15) is 38.3 Å². The number of nitrogens with zero attached hydrogens (tertiary/aromatic N) is 3. The number of rotatable bonds is 12. The van der Waals surface area contributed by atoms with Crippen molar-refractivity contribution in [3.8, 4) is 5.75 Å². The average molecular weight is 501 g/mol. The lowest BCUT2D eigenvalue weighted by molar-refractivity contribution is -0.698. The van der Waals surface area contributed by atoms with Gasteiger partial charge in [-0.1, -0.05) is 13.3 Å². The van der Waals surface area contributed by atoms with E-state index in [1.54, 1.807) is 61.7 Å². The Morgan fingerprint density at radius 1 is 1.00 bits per heavy atom. The summed E-state index contributed by atoms with van der Waals surface area (Å²) in [6.07, 6.45) is 3.74. The summed E-state index contributed by atoms with van der Waals surface area (Å²) in [4.78, 5) is 0. The minimum Gasteiger partial charge on any atom is -0.508 e. The highest BCUT2D eigenvalue weighted by atomic mass is 32.2. The van der Waals surface area contributed by atoms with Gasteiger partial charge in [0.05, 0.1) is 5.69 Å². The maximum atomic E-state index is 11.9. The predicted octanol–water partition coefficient (Wildman–Crippen LogP) is 2.24. The summed E-state index contributed by atoms with van der Waals surface area (Å²) in [5.41, 5.74) is 1.47. The Labute approximate surface area is 194 Å². The number of phenolic OH excluding ortho intramolecular Hbond substituents is 1. The summed E-state index contributed by atoms with van der Waals surface area (Å²) < 4.78 is 68.1. The van der Waals surface area contributed by atoms with Gasteiger partial charge in [-0.2, -0.15) is 26.5 Å². The molecule has 2 rings (SSSR count). The van der Waals surface area contributed by atoms with E-state index < -0.39 is 30.7 Å². The predicted molar refractivity (Wildman–Crippen MR) is 126 cm³/mol. The van der Waals surface area contributed by atoms with E-state index in [9.17, 15) is 31.0 Å². The summed E-state index contributed by atoms with van der Waals surface area (Å²) >= 11 is 0. The van der Waals surface area contributed by atoms with E-state index >= 15 is 0 Å². The lowest BCUT2D eigenvalue weighted by Crippen LogP contribution is -2.42. The van der Waals surface area contributed by atoms with E-state index in [1.165, 1.54) is 0 Å². The lowest BCUT2D eigenvalue weighted by Gasteiger charge is -2.21. The van der Waals surface area contributed by atoms with Gasteiger partial charge in [0, 0.05) is 25.6 Å². The quantitative estimate of drug-likeness (QED) is 0.174. The Balaban J connectivity index is 2.14. The fourth-order valence-corrected chi connectivity index (χ4v) is 6.37. The number of hydrazone groups is 1. The Hall–Kier alpha value is -2.54. The van der Waals surface area contributed by atoms with Crippen LogP contribution in [0.4, 0.5) is 5.69 Å². The molecule has 0 saturated carbocycles. The molecule has 0 aliphatic heterocycles. The summed E-state index contributed by atoms with van der Waals surface area (Å²) in [5, 5.41) is 12.2. The standard InChI is InChI=1S/C21H29N3O7S2/c1-3-7-20(32(26,27)28)21(33(29,30)31)9-6-15-24-14-5-4-8-18(24)16-22-23(2)17-10-12-19(25)13-11-17/h4-5,8,10-14,16,20-21H,3,6-7,9,15H2,1-2H3,(H2-,22,25,26,27,28,29,30,31)/p+1. The first-order valence-corrected chi connectivity index (χ1v) is 13.4. The molecule has 2 aromatic rings. The number of anilines is 1. The third-order valence-corrected chi connectivity index (χ3v) is 8.03. The van der Waals surface area contributed by atoms with Crippen LogP contribution in [-0.4, -0.2) is 54.8 Å². The summed E-state index contributed by atoms with van der Waals surface area (Å²) in [5.74, 6) is 0.149. The van der Waals surface area contributed by atoms with Crippen molar-refractivity contribution in [2.75, 3.05) is 12.1 Å². The number of hydrogen-bond acceptors (Lipinski definition) is 7. The molecule has 0 fully saturated rings. The fourth-order valence-electron chi connectivity index (χ4n) is 3.49. The van der Waals surface area contributed by atoms with Crippen LogP contribution < -0.4 is 9.58 Å². The molecule has 10 nitrogen and oxygen atoms in total. The highest BCUT2D eigenvalue weighted by molar-refractivity contribution is 7.90. The first kappa shape index (κ1) is 26.7. The Bertz CT molecular complexity index is 1150. The van der Waals surface area contributed by atoms with Crippen LogP contribution in [0.25, 0.3) is 0 Å². The molecule has 0 aliphatic carbocycles. The van der Waals surface area contributed by atoms with Gasteiger partial charge in [-0.15, -0.1) is 0 Å². The zero-order valence-corrected chi connectivity index (χ0v) is 20.2. The van der Waals surface area contributed by atoms with Crippen molar-refractivity contribution in [3.63, 3.8) is 0 Å². The molecule has 0 radical (unpaired) electrons. The number of pyridine rings is 1. The normalized spacial score (nSPS) is 14.3. The molecule has 182 valence electrons. The molecule has 1 aromatic heterocycles. The zero-order valence-electron chi connectivity index (χ0n) is 18.5. The van der Waals surface area contributed by atoms with Crippen LogP contribution in [-0.2, 0) is 26.8 Å². The van der Waals surface area contributed by atoms with Crippen molar-refractivity contribution < 1.29 is 35.6 Å². The van der Waals surface area contributed by atoms with Crippen molar-refractivity contribution in [3.05, 3.63) is 54.4 Å². The monoisotopic (exact) mass is 500 g/mol. The molecule has 0 spiro atoms. The zero-order chi connectivity index (χ0) is 24.6. The third kappa shape index (κ3) is 8.07. The summed E-state index contributed by atoms with van der Waals surface area (Å²) in [7, 11) is -7.59. The second-order valence-corrected chi connectivity index (χ2v) is 10.9. The number of benzene rings is 1. The van der Waals surface area contributed by atoms with Crippen molar-refractivity contribution in [2.45, 2.75) is 49.7 Å². The maximum Gasteiger partial charge on any atom is 0.269 e. The Morgan fingerprint density at radius 2 is 1.61 bits per heavy atom. The van der Waals surface area contributed by atoms with Gasteiger partial charge in [0.1, 0.15) is 29.0 Å². The van der Waals surface area contributed by atoms with Crippen molar-refractivity contribution >= 4 is 32.1 Å². The van der Waals surface area contributed by atoms with E-state index in [0.29, 0.717) is 18.7 Å². The van der Waals surface area contributed by atoms with E-state index in [-0.39, 0.29) is 25.0 Å². The van der Waals surface area contributed by atoms with Gasteiger partial charge in [0.15, 0.2) is 6.20 Å². The van der Waals surface area contributed by atoms with Gasteiger partial charge in [-0.3, -0.25) is 14.1 Å². The van der Waals surface area contributed by atoms with Gasteiger partial charge in [0.25, 0.3) is 20.2 Å². The largest absolute Gasteiger partial charge is 0.508 e. The van der Waals surface area contributed by atoms with E-state index in [1.807, 2.05) is 16.7 Å². The van der Waals surface area contributed by atoms with E-state index in [2.05, 4.69) is 5.10 Å². The number of aromatic nitrogens is 1. The number of hydrogen-bond donors (Lipinski definition) is 3. The first-order chi connectivity index (χ1) is 15.4. The van der Waals surface area contributed by atoms with Crippen LogP contribution in [0.2, 0.25) is 0 Å². The molecule has 1 heterocycles. The van der Waals surface area contributed by atoms with Gasteiger partial charge >= 0.3 is 0 Å². The highest BCUT2D eigenvalue weighted by Gasteiger charge is 2.39. The topological polar surface area (TPSA) is 148 Å². The second kappa shape index (κ2) is 11.5. The van der Waals surface area contributed by atoms with Crippen molar-refractivity contribution in [1.29, 1.82) is 0 Å². The molecule has 2 unspecified atom stereocenters. The van der Waals surface area contributed by atoms with E-state index in [4.69, 9.17) is 0 Å². The van der Waals surface area contributed by atoms with Gasteiger partial charge in [0.2, 0.25) is 5.69 Å². The first-order valence-electron chi connectivity index (χ1n) is 10.4. The van der Waals surface area contributed by atoms with Gasteiger partial charge < -0.3 is 5.11 Å². The maximum absolute atomic E-state index is 11.9. The lowest BCUT2D eigenvalue weighted by atomic mass is 10.1. The van der Waals surface area contributed by atoms with E-state index in [0.717, 1.165) is 5.69 Å². The highest BCUT2D eigenvalue weighted by Crippen LogP contribution is 2.22. The minimum atomic E-state index is -4.69. The molecule has 3 N–H and O–H groups in total. The molecular formula is C21H30N3O7S2+. The Kier molecular flexibility index (Phi) is 9.35. The van der Waals surface area contributed by atoms with Crippen LogP contribution in [0.15, 0.2) is 53.8 Å². The van der Waals surface area contributed by atoms with Gasteiger partial charge in [-0.05, 0) is 43.2 Å². The molecule has 33 heavy (non-hydrogen) atoms. The Morgan fingerprint density at radius 3 is 2.18 bits per heavy atom. The van der Waals surface area contributed by atoms with Crippen LogP contribution in [0, 0.1) is 0 Å². The minimum absolute atomic E-state index is 0.0801. The molecule has 0 aliphatic rings.